The molecule has 16 heavy (non-hydrogen) atoms. The van der Waals surface area contributed by atoms with Gasteiger partial charge in [0.1, 0.15) is 6.17 Å². The molecule has 6 heteroatoms. The Morgan fingerprint density at radius 3 is 3.06 bits per heavy atom. The van der Waals surface area contributed by atoms with Gasteiger partial charge in [0, 0.05) is 12.4 Å². The number of aromatic nitrogens is 1. The molecule has 2 rings (SSSR count). The number of primary amides is 1. The maximum Gasteiger partial charge on any atom is 0.252 e. The van der Waals surface area contributed by atoms with Crippen LogP contribution in [0.25, 0.3) is 0 Å². The molecule has 2 atom stereocenters. The second-order valence-corrected chi connectivity index (χ2v) is 3.59. The Labute approximate surface area is 91.8 Å². The third-order valence-corrected chi connectivity index (χ3v) is 2.44. The first kappa shape index (κ1) is 10.8. The van der Waals surface area contributed by atoms with E-state index in [1.807, 2.05) is 0 Å². The lowest BCUT2D eigenvalue weighted by molar-refractivity contribution is 0.100. The van der Waals surface area contributed by atoms with Gasteiger partial charge in [-0.3, -0.25) is 9.78 Å². The van der Waals surface area contributed by atoms with Crippen molar-refractivity contribution < 1.29 is 13.9 Å². The summed E-state index contributed by atoms with van der Waals surface area (Å²) in [6.45, 7) is 0.357. The molecule has 0 radical (unpaired) electrons. The van der Waals surface area contributed by atoms with Crippen LogP contribution in [0.2, 0.25) is 0 Å². The summed E-state index contributed by atoms with van der Waals surface area (Å²) in [5.41, 5.74) is 5.92. The molecule has 0 saturated carbocycles. The third kappa shape index (κ3) is 2.11. The van der Waals surface area contributed by atoms with Gasteiger partial charge >= 0.3 is 0 Å². The molecule has 1 fully saturated rings. The van der Waals surface area contributed by atoms with Crippen molar-refractivity contribution in [2.45, 2.75) is 12.2 Å². The van der Waals surface area contributed by atoms with Gasteiger partial charge in [0.15, 0.2) is 0 Å². The number of amides is 1. The molecular weight excluding hydrogens is 213 g/mol. The van der Waals surface area contributed by atoms with E-state index < -0.39 is 18.1 Å². The summed E-state index contributed by atoms with van der Waals surface area (Å²) in [7, 11) is 0. The van der Waals surface area contributed by atoms with Crippen LogP contribution >= 0.6 is 0 Å². The second kappa shape index (κ2) is 4.44. The normalized spacial score (nSPS) is 24.3. The molecule has 1 amide bonds. The van der Waals surface area contributed by atoms with E-state index in [9.17, 15) is 9.18 Å². The lowest BCUT2D eigenvalue weighted by atomic mass is 10.1. The monoisotopic (exact) mass is 225 g/mol. The number of ether oxygens (including phenoxy) is 1. The van der Waals surface area contributed by atoms with Gasteiger partial charge in [0.25, 0.3) is 5.91 Å². The van der Waals surface area contributed by atoms with Crippen LogP contribution in [0.15, 0.2) is 18.5 Å². The quantitative estimate of drug-likeness (QED) is 0.777. The van der Waals surface area contributed by atoms with Crippen LogP contribution in [0.3, 0.4) is 0 Å². The molecule has 1 aromatic rings. The van der Waals surface area contributed by atoms with E-state index in [0.29, 0.717) is 5.69 Å². The fourth-order valence-corrected chi connectivity index (χ4v) is 1.58. The number of hydrogen-bond acceptors (Lipinski definition) is 4. The molecule has 5 nitrogen and oxygen atoms in total. The van der Waals surface area contributed by atoms with Gasteiger partial charge < -0.3 is 15.8 Å². The van der Waals surface area contributed by atoms with Crippen LogP contribution < -0.4 is 11.1 Å². The summed E-state index contributed by atoms with van der Waals surface area (Å²) >= 11 is 0. The van der Waals surface area contributed by atoms with E-state index in [0.717, 1.165) is 0 Å². The highest BCUT2D eigenvalue weighted by atomic mass is 19.1. The summed E-state index contributed by atoms with van der Waals surface area (Å²) < 4.78 is 18.3. The second-order valence-electron chi connectivity index (χ2n) is 3.59. The van der Waals surface area contributed by atoms with Crippen LogP contribution in [0, 0.1) is 0 Å². The Bertz CT molecular complexity index is 399. The first-order chi connectivity index (χ1) is 7.68. The van der Waals surface area contributed by atoms with Crippen molar-refractivity contribution in [2.24, 2.45) is 5.73 Å². The first-order valence-corrected chi connectivity index (χ1v) is 4.90. The van der Waals surface area contributed by atoms with Crippen molar-refractivity contribution in [3.05, 3.63) is 24.0 Å². The standard InChI is InChI=1S/C10H12FN3O2/c11-7-4-16-5-9(7)14-8-1-2-13-3-6(8)10(12)15/h1-3,7,9H,4-5H2,(H2,12,15)(H,13,14)/t7-,9-/m0/s1. The maximum atomic E-state index is 13.3. The van der Waals surface area contributed by atoms with Crippen molar-refractivity contribution in [1.29, 1.82) is 0 Å². The average molecular weight is 225 g/mol. The van der Waals surface area contributed by atoms with Crippen molar-refractivity contribution in [3.8, 4) is 0 Å². The highest BCUT2D eigenvalue weighted by Gasteiger charge is 2.28. The molecule has 1 saturated heterocycles. The van der Waals surface area contributed by atoms with Crippen LogP contribution in [-0.4, -0.2) is 36.3 Å². The summed E-state index contributed by atoms with van der Waals surface area (Å²) in [5.74, 6) is -0.593. The van der Waals surface area contributed by atoms with Crippen molar-refractivity contribution in [3.63, 3.8) is 0 Å². The van der Waals surface area contributed by atoms with Crippen LogP contribution in [0.5, 0.6) is 0 Å². The predicted molar refractivity (Wildman–Crippen MR) is 55.9 cm³/mol. The number of pyridine rings is 1. The number of carbonyl (C=O) groups excluding carboxylic acids is 1. The molecule has 0 unspecified atom stereocenters. The fourth-order valence-electron chi connectivity index (χ4n) is 1.58. The van der Waals surface area contributed by atoms with E-state index in [1.54, 1.807) is 6.07 Å². The van der Waals surface area contributed by atoms with Gasteiger partial charge in [-0.05, 0) is 6.07 Å². The Hall–Kier alpha value is -1.69. The van der Waals surface area contributed by atoms with E-state index >= 15 is 0 Å². The predicted octanol–water partition coefficient (Wildman–Crippen LogP) is 0.329. The fraction of sp³-hybridized carbons (Fsp3) is 0.400. The number of alkyl halides is 1. The van der Waals surface area contributed by atoms with Gasteiger partial charge in [-0.15, -0.1) is 0 Å². The maximum absolute atomic E-state index is 13.3. The summed E-state index contributed by atoms with van der Waals surface area (Å²) in [6, 6.07) is 1.14. The largest absolute Gasteiger partial charge is 0.376 e. The zero-order chi connectivity index (χ0) is 11.5. The van der Waals surface area contributed by atoms with Gasteiger partial charge in [-0.25, -0.2) is 4.39 Å². The van der Waals surface area contributed by atoms with Crippen molar-refractivity contribution >= 4 is 11.6 Å². The van der Waals surface area contributed by atoms with Crippen LogP contribution in [-0.2, 0) is 4.74 Å². The molecule has 0 bridgehead atoms. The number of nitrogens with zero attached hydrogens (tertiary/aromatic N) is 1. The molecule has 3 N–H and O–H groups in total. The van der Waals surface area contributed by atoms with E-state index in [2.05, 4.69) is 10.3 Å². The van der Waals surface area contributed by atoms with Gasteiger partial charge in [0.2, 0.25) is 0 Å². The zero-order valence-electron chi connectivity index (χ0n) is 8.52. The van der Waals surface area contributed by atoms with Crippen LogP contribution in [0.4, 0.5) is 10.1 Å². The Morgan fingerprint density at radius 1 is 1.62 bits per heavy atom. The molecular formula is C10H12FN3O2. The van der Waals surface area contributed by atoms with E-state index in [1.165, 1.54) is 12.4 Å². The number of nitrogens with one attached hydrogen (secondary N) is 1. The minimum atomic E-state index is -1.08. The van der Waals surface area contributed by atoms with Gasteiger partial charge in [0.05, 0.1) is 30.5 Å². The smallest absolute Gasteiger partial charge is 0.252 e. The lowest BCUT2D eigenvalue weighted by Crippen LogP contribution is -2.30. The molecule has 1 aliphatic rings. The number of nitrogens with two attached hydrogens (primary N) is 1. The third-order valence-electron chi connectivity index (χ3n) is 2.44. The minimum absolute atomic E-state index is 0.0780. The molecule has 86 valence electrons. The Kier molecular flexibility index (Phi) is 3.00. The number of halogens is 1. The zero-order valence-corrected chi connectivity index (χ0v) is 8.52. The highest BCUT2D eigenvalue weighted by molar-refractivity contribution is 5.98. The topological polar surface area (TPSA) is 77.2 Å². The Balaban J connectivity index is 2.17. The summed E-state index contributed by atoms with van der Waals surface area (Å²) in [4.78, 5) is 14.9. The molecule has 1 aromatic heterocycles. The molecule has 0 aliphatic carbocycles. The van der Waals surface area contributed by atoms with Crippen LogP contribution in [0.1, 0.15) is 10.4 Å². The molecule has 0 aromatic carbocycles. The van der Waals surface area contributed by atoms with E-state index in [-0.39, 0.29) is 18.8 Å². The molecule has 2 heterocycles. The van der Waals surface area contributed by atoms with E-state index in [4.69, 9.17) is 10.5 Å². The summed E-state index contributed by atoms with van der Waals surface area (Å²) in [5, 5.41) is 2.90. The Morgan fingerprint density at radius 2 is 2.44 bits per heavy atom. The highest BCUT2D eigenvalue weighted by Crippen LogP contribution is 2.19. The van der Waals surface area contributed by atoms with Crippen molar-refractivity contribution in [2.75, 3.05) is 18.5 Å². The van der Waals surface area contributed by atoms with Crippen molar-refractivity contribution in [1.82, 2.24) is 4.98 Å². The first-order valence-electron chi connectivity index (χ1n) is 4.90. The molecule has 0 spiro atoms. The number of anilines is 1. The van der Waals surface area contributed by atoms with Gasteiger partial charge in [-0.1, -0.05) is 0 Å². The summed E-state index contributed by atoms with van der Waals surface area (Å²) in [6.07, 6.45) is 1.79. The number of carbonyl (C=O) groups is 1. The van der Waals surface area contributed by atoms with Gasteiger partial charge in [-0.2, -0.15) is 0 Å². The minimum Gasteiger partial charge on any atom is -0.376 e. The lowest BCUT2D eigenvalue weighted by Gasteiger charge is -2.16. The molecule has 1 aliphatic heterocycles. The average Bonchev–Trinajstić information content (AvgIpc) is 2.65. The SMILES string of the molecule is NC(=O)c1cnccc1N[C@H]1COC[C@@H]1F. The number of hydrogen-bond donors (Lipinski definition) is 2. The number of rotatable bonds is 3.